The average molecular weight is 264 g/mol. The molecule has 2 nitrogen and oxygen atoms in total. The molecule has 0 amide bonds. The van der Waals surface area contributed by atoms with Crippen molar-refractivity contribution in [1.29, 1.82) is 0 Å². The van der Waals surface area contributed by atoms with Gasteiger partial charge in [-0.3, -0.25) is 0 Å². The van der Waals surface area contributed by atoms with E-state index in [1.807, 2.05) is 12.1 Å². The molecule has 0 aromatic heterocycles. The first-order valence-electron chi connectivity index (χ1n) is 7.05. The van der Waals surface area contributed by atoms with Crippen molar-refractivity contribution in [3.05, 3.63) is 35.6 Å². The van der Waals surface area contributed by atoms with Crippen molar-refractivity contribution in [3.63, 3.8) is 0 Å². The van der Waals surface area contributed by atoms with Crippen LogP contribution in [0.5, 0.6) is 0 Å². The standard InChI is InChI=1S/C16H25FN2/c1-16(2,19(3)4)11-18-15-9-13(10-15)12-5-7-14(17)8-6-12/h5-8,13,15,18H,9-11H2,1-4H3. The summed E-state index contributed by atoms with van der Waals surface area (Å²) in [6, 6.07) is 7.56. The minimum Gasteiger partial charge on any atom is -0.312 e. The highest BCUT2D eigenvalue weighted by atomic mass is 19.1. The Bertz CT molecular complexity index is 405. The maximum atomic E-state index is 12.9. The largest absolute Gasteiger partial charge is 0.312 e. The van der Waals surface area contributed by atoms with Gasteiger partial charge >= 0.3 is 0 Å². The van der Waals surface area contributed by atoms with Crippen LogP contribution in [0.15, 0.2) is 24.3 Å². The van der Waals surface area contributed by atoms with Crippen LogP contribution in [0.2, 0.25) is 0 Å². The van der Waals surface area contributed by atoms with Crippen LogP contribution in [0.3, 0.4) is 0 Å². The molecule has 1 aliphatic carbocycles. The highest BCUT2D eigenvalue weighted by Crippen LogP contribution is 2.37. The lowest BCUT2D eigenvalue weighted by atomic mass is 9.75. The van der Waals surface area contributed by atoms with Gasteiger partial charge in [-0.05, 0) is 64.4 Å². The molecular weight excluding hydrogens is 239 g/mol. The number of rotatable bonds is 5. The van der Waals surface area contributed by atoms with Crippen LogP contribution in [-0.2, 0) is 0 Å². The molecular formula is C16H25FN2. The minimum atomic E-state index is -0.148. The van der Waals surface area contributed by atoms with Crippen molar-refractivity contribution in [3.8, 4) is 0 Å². The number of likely N-dealkylation sites (N-methyl/N-ethyl adjacent to an activating group) is 1. The molecule has 2 rings (SSSR count). The Labute approximate surface area is 116 Å². The fraction of sp³-hybridized carbons (Fsp3) is 0.625. The fourth-order valence-electron chi connectivity index (χ4n) is 2.34. The molecule has 1 fully saturated rings. The molecule has 0 radical (unpaired) electrons. The highest BCUT2D eigenvalue weighted by Gasteiger charge is 2.31. The molecule has 1 aromatic carbocycles. The van der Waals surface area contributed by atoms with Gasteiger partial charge in [0.2, 0.25) is 0 Å². The van der Waals surface area contributed by atoms with Crippen LogP contribution in [-0.4, -0.2) is 37.1 Å². The Hall–Kier alpha value is -0.930. The normalized spacial score (nSPS) is 23.5. The number of nitrogens with zero attached hydrogens (tertiary/aromatic N) is 1. The summed E-state index contributed by atoms with van der Waals surface area (Å²) in [6.07, 6.45) is 2.32. The second kappa shape index (κ2) is 5.59. The first kappa shape index (κ1) is 14.5. The molecule has 106 valence electrons. The van der Waals surface area contributed by atoms with E-state index < -0.39 is 0 Å². The van der Waals surface area contributed by atoms with Gasteiger partial charge in [0.15, 0.2) is 0 Å². The molecule has 0 saturated heterocycles. The van der Waals surface area contributed by atoms with E-state index in [-0.39, 0.29) is 11.4 Å². The monoisotopic (exact) mass is 264 g/mol. The summed E-state index contributed by atoms with van der Waals surface area (Å²) in [5.74, 6) is 0.450. The lowest BCUT2D eigenvalue weighted by Gasteiger charge is -2.40. The van der Waals surface area contributed by atoms with E-state index in [9.17, 15) is 4.39 Å². The van der Waals surface area contributed by atoms with E-state index in [0.717, 1.165) is 19.4 Å². The summed E-state index contributed by atoms with van der Waals surface area (Å²) in [4.78, 5) is 2.25. The van der Waals surface area contributed by atoms with Gasteiger partial charge in [-0.2, -0.15) is 0 Å². The fourth-order valence-corrected chi connectivity index (χ4v) is 2.34. The summed E-state index contributed by atoms with van der Waals surface area (Å²) >= 11 is 0. The molecule has 0 heterocycles. The van der Waals surface area contributed by atoms with Crippen LogP contribution in [0.25, 0.3) is 0 Å². The van der Waals surface area contributed by atoms with Crippen molar-refractivity contribution in [2.75, 3.05) is 20.6 Å². The molecule has 1 saturated carbocycles. The van der Waals surface area contributed by atoms with Crippen molar-refractivity contribution >= 4 is 0 Å². The van der Waals surface area contributed by atoms with Crippen LogP contribution in [0.4, 0.5) is 4.39 Å². The zero-order valence-corrected chi connectivity index (χ0v) is 12.4. The van der Waals surface area contributed by atoms with E-state index in [0.29, 0.717) is 12.0 Å². The van der Waals surface area contributed by atoms with Gasteiger partial charge in [0.05, 0.1) is 0 Å². The van der Waals surface area contributed by atoms with E-state index in [2.05, 4.69) is 38.2 Å². The average Bonchev–Trinajstić information content (AvgIpc) is 2.29. The molecule has 1 N–H and O–H groups in total. The number of hydrogen-bond donors (Lipinski definition) is 1. The highest BCUT2D eigenvalue weighted by molar-refractivity contribution is 5.23. The SMILES string of the molecule is CN(C)C(C)(C)CNC1CC(c2ccc(F)cc2)C1. The third kappa shape index (κ3) is 3.54. The Balaban J connectivity index is 1.76. The summed E-state index contributed by atoms with van der Waals surface area (Å²) < 4.78 is 12.9. The van der Waals surface area contributed by atoms with Crippen molar-refractivity contribution in [2.45, 2.75) is 44.2 Å². The van der Waals surface area contributed by atoms with Gasteiger partial charge in [-0.25, -0.2) is 4.39 Å². The molecule has 19 heavy (non-hydrogen) atoms. The van der Waals surface area contributed by atoms with Gasteiger partial charge in [0.25, 0.3) is 0 Å². The van der Waals surface area contributed by atoms with Crippen LogP contribution < -0.4 is 5.32 Å². The van der Waals surface area contributed by atoms with E-state index in [1.165, 1.54) is 5.56 Å². The molecule has 0 unspecified atom stereocenters. The topological polar surface area (TPSA) is 15.3 Å². The van der Waals surface area contributed by atoms with Crippen LogP contribution >= 0.6 is 0 Å². The smallest absolute Gasteiger partial charge is 0.123 e. The third-order valence-electron chi connectivity index (χ3n) is 4.51. The number of benzene rings is 1. The van der Waals surface area contributed by atoms with E-state index in [1.54, 1.807) is 12.1 Å². The van der Waals surface area contributed by atoms with Gasteiger partial charge in [0, 0.05) is 18.1 Å². The zero-order chi connectivity index (χ0) is 14.0. The summed E-state index contributed by atoms with van der Waals surface area (Å²) in [5, 5.41) is 3.64. The number of halogens is 1. The van der Waals surface area contributed by atoms with Gasteiger partial charge in [-0.15, -0.1) is 0 Å². The summed E-state index contributed by atoms with van der Waals surface area (Å²) in [7, 11) is 4.23. The van der Waals surface area contributed by atoms with Gasteiger partial charge < -0.3 is 10.2 Å². The molecule has 1 aliphatic rings. The van der Waals surface area contributed by atoms with Crippen molar-refractivity contribution in [2.24, 2.45) is 0 Å². The Morgan fingerprint density at radius 1 is 1.21 bits per heavy atom. The Morgan fingerprint density at radius 3 is 2.32 bits per heavy atom. The second-order valence-electron chi connectivity index (χ2n) is 6.50. The quantitative estimate of drug-likeness (QED) is 0.879. The van der Waals surface area contributed by atoms with Crippen molar-refractivity contribution in [1.82, 2.24) is 10.2 Å². The maximum absolute atomic E-state index is 12.9. The summed E-state index contributed by atoms with van der Waals surface area (Å²) in [6.45, 7) is 5.49. The number of hydrogen-bond acceptors (Lipinski definition) is 2. The predicted molar refractivity (Wildman–Crippen MR) is 77.9 cm³/mol. The molecule has 3 heteroatoms. The third-order valence-corrected chi connectivity index (χ3v) is 4.51. The van der Waals surface area contributed by atoms with Crippen molar-refractivity contribution < 1.29 is 4.39 Å². The first-order chi connectivity index (χ1) is 8.88. The molecule has 0 bridgehead atoms. The molecule has 0 aliphatic heterocycles. The van der Waals surface area contributed by atoms with E-state index >= 15 is 0 Å². The molecule has 1 aromatic rings. The Kier molecular flexibility index (Phi) is 4.26. The minimum absolute atomic E-state index is 0.148. The number of nitrogens with one attached hydrogen (secondary N) is 1. The second-order valence-corrected chi connectivity index (χ2v) is 6.50. The van der Waals surface area contributed by atoms with E-state index in [4.69, 9.17) is 0 Å². The summed E-state index contributed by atoms with van der Waals surface area (Å²) in [5.41, 5.74) is 1.45. The molecule has 0 atom stereocenters. The lowest BCUT2D eigenvalue weighted by molar-refractivity contribution is 0.168. The lowest BCUT2D eigenvalue weighted by Crippen LogP contribution is -2.51. The Morgan fingerprint density at radius 2 is 1.79 bits per heavy atom. The van der Waals surface area contributed by atoms with Gasteiger partial charge in [0.1, 0.15) is 5.82 Å². The first-order valence-corrected chi connectivity index (χ1v) is 7.05. The molecule has 0 spiro atoms. The van der Waals surface area contributed by atoms with Crippen LogP contribution in [0, 0.1) is 5.82 Å². The van der Waals surface area contributed by atoms with Crippen LogP contribution in [0.1, 0.15) is 38.2 Å². The predicted octanol–water partition coefficient (Wildman–Crippen LogP) is 3.00. The zero-order valence-electron chi connectivity index (χ0n) is 12.4. The maximum Gasteiger partial charge on any atom is 0.123 e. The van der Waals surface area contributed by atoms with Gasteiger partial charge in [-0.1, -0.05) is 12.1 Å².